The third kappa shape index (κ3) is 3.29. The van der Waals surface area contributed by atoms with Gasteiger partial charge in [0.25, 0.3) is 0 Å². The van der Waals surface area contributed by atoms with Gasteiger partial charge in [0.2, 0.25) is 0 Å². The number of hydrogen-bond acceptors (Lipinski definition) is 3. The fourth-order valence-corrected chi connectivity index (χ4v) is 1.45. The van der Waals surface area contributed by atoms with Crippen molar-refractivity contribution >= 4 is 15.9 Å². The fraction of sp³-hybridized carbons (Fsp3) is 0.400. The molecule has 14 heavy (non-hydrogen) atoms. The number of aliphatic hydroxyl groups excluding tert-OH is 1. The molecule has 0 unspecified atom stereocenters. The monoisotopic (exact) mass is 259 g/mol. The molecule has 1 rings (SSSR count). The van der Waals surface area contributed by atoms with E-state index in [4.69, 9.17) is 5.11 Å². The van der Waals surface area contributed by atoms with Crippen LogP contribution in [0.25, 0.3) is 0 Å². The lowest BCUT2D eigenvalue weighted by molar-refractivity contribution is 0.250. The zero-order valence-corrected chi connectivity index (χ0v) is 9.58. The first-order valence-corrected chi connectivity index (χ1v) is 5.24. The molecule has 1 aromatic carbocycles. The average Bonchev–Trinajstić information content (AvgIpc) is 2.19. The maximum atomic E-state index is 9.50. The van der Waals surface area contributed by atoms with Gasteiger partial charge in [0, 0.05) is 22.6 Å². The molecule has 3 N–H and O–H groups in total. The SMILES string of the molecule is C[C@H](CO)NCc1cc(Br)ccc1O. The summed E-state index contributed by atoms with van der Waals surface area (Å²) >= 11 is 3.33. The summed E-state index contributed by atoms with van der Waals surface area (Å²) in [4.78, 5) is 0. The predicted octanol–water partition coefficient (Wildman–Crippen LogP) is 1.63. The Bertz CT molecular complexity index is 304. The fourth-order valence-electron chi connectivity index (χ4n) is 1.04. The smallest absolute Gasteiger partial charge is 0.120 e. The summed E-state index contributed by atoms with van der Waals surface area (Å²) in [5, 5.41) is 21.4. The van der Waals surface area contributed by atoms with Crippen LogP contribution in [0.3, 0.4) is 0 Å². The molecule has 0 heterocycles. The van der Waals surface area contributed by atoms with Gasteiger partial charge in [0.1, 0.15) is 5.75 Å². The van der Waals surface area contributed by atoms with Crippen molar-refractivity contribution in [3.05, 3.63) is 28.2 Å². The van der Waals surface area contributed by atoms with E-state index in [9.17, 15) is 5.11 Å². The van der Waals surface area contributed by atoms with Crippen LogP contribution in [-0.2, 0) is 6.54 Å². The highest BCUT2D eigenvalue weighted by Crippen LogP contribution is 2.21. The number of aliphatic hydroxyl groups is 1. The first-order valence-electron chi connectivity index (χ1n) is 4.45. The maximum absolute atomic E-state index is 9.50. The van der Waals surface area contributed by atoms with Crippen LogP contribution in [0.15, 0.2) is 22.7 Å². The molecular formula is C10H14BrNO2. The topological polar surface area (TPSA) is 52.5 Å². The minimum Gasteiger partial charge on any atom is -0.508 e. The van der Waals surface area contributed by atoms with Crippen molar-refractivity contribution < 1.29 is 10.2 Å². The van der Waals surface area contributed by atoms with Gasteiger partial charge in [-0.05, 0) is 25.1 Å². The largest absolute Gasteiger partial charge is 0.508 e. The second kappa shape index (κ2) is 5.34. The third-order valence-electron chi connectivity index (χ3n) is 1.96. The lowest BCUT2D eigenvalue weighted by atomic mass is 10.2. The molecular weight excluding hydrogens is 246 g/mol. The van der Waals surface area contributed by atoms with Gasteiger partial charge in [-0.15, -0.1) is 0 Å². The van der Waals surface area contributed by atoms with Crippen molar-refractivity contribution in [2.75, 3.05) is 6.61 Å². The Morgan fingerprint density at radius 1 is 1.50 bits per heavy atom. The number of aromatic hydroxyl groups is 1. The molecule has 1 atom stereocenters. The summed E-state index contributed by atoms with van der Waals surface area (Å²) < 4.78 is 0.934. The zero-order chi connectivity index (χ0) is 10.6. The van der Waals surface area contributed by atoms with Crippen LogP contribution in [0, 0.1) is 0 Å². The molecule has 0 saturated carbocycles. The van der Waals surface area contributed by atoms with Gasteiger partial charge in [0.15, 0.2) is 0 Å². The number of phenolic OH excluding ortho intramolecular Hbond substituents is 1. The molecule has 0 radical (unpaired) electrons. The van der Waals surface area contributed by atoms with Crippen LogP contribution in [0.2, 0.25) is 0 Å². The molecule has 0 saturated heterocycles. The predicted molar refractivity (Wildman–Crippen MR) is 59.2 cm³/mol. The summed E-state index contributed by atoms with van der Waals surface area (Å²) in [5.74, 6) is 0.269. The molecule has 1 aromatic rings. The molecule has 0 aliphatic heterocycles. The van der Waals surface area contributed by atoms with Crippen LogP contribution >= 0.6 is 15.9 Å². The van der Waals surface area contributed by atoms with Crippen LogP contribution in [0.1, 0.15) is 12.5 Å². The van der Waals surface area contributed by atoms with Crippen molar-refractivity contribution in [1.82, 2.24) is 5.32 Å². The van der Waals surface area contributed by atoms with Crippen LogP contribution in [-0.4, -0.2) is 22.9 Å². The van der Waals surface area contributed by atoms with Gasteiger partial charge in [-0.2, -0.15) is 0 Å². The Morgan fingerprint density at radius 2 is 2.21 bits per heavy atom. The number of phenols is 1. The molecule has 0 bridgehead atoms. The Kier molecular flexibility index (Phi) is 4.38. The Morgan fingerprint density at radius 3 is 2.86 bits per heavy atom. The van der Waals surface area contributed by atoms with Crippen LogP contribution in [0.5, 0.6) is 5.75 Å². The molecule has 0 spiro atoms. The quantitative estimate of drug-likeness (QED) is 0.771. The van der Waals surface area contributed by atoms with Gasteiger partial charge in [0.05, 0.1) is 6.61 Å². The zero-order valence-electron chi connectivity index (χ0n) is 8.00. The Hall–Kier alpha value is -0.580. The highest BCUT2D eigenvalue weighted by molar-refractivity contribution is 9.10. The Balaban J connectivity index is 2.62. The molecule has 0 aromatic heterocycles. The van der Waals surface area contributed by atoms with E-state index >= 15 is 0 Å². The van der Waals surface area contributed by atoms with Gasteiger partial charge < -0.3 is 15.5 Å². The molecule has 0 aliphatic carbocycles. The van der Waals surface area contributed by atoms with Crippen molar-refractivity contribution in [1.29, 1.82) is 0 Å². The third-order valence-corrected chi connectivity index (χ3v) is 2.45. The van der Waals surface area contributed by atoms with E-state index in [0.717, 1.165) is 10.0 Å². The minimum atomic E-state index is 0.0355. The van der Waals surface area contributed by atoms with Crippen molar-refractivity contribution in [2.45, 2.75) is 19.5 Å². The summed E-state index contributed by atoms with van der Waals surface area (Å²) in [7, 11) is 0. The first-order chi connectivity index (χ1) is 6.63. The second-order valence-corrected chi connectivity index (χ2v) is 4.15. The first kappa shape index (κ1) is 11.5. The van der Waals surface area contributed by atoms with E-state index in [2.05, 4.69) is 21.2 Å². The van der Waals surface area contributed by atoms with Crippen LogP contribution < -0.4 is 5.32 Å². The molecule has 4 heteroatoms. The summed E-state index contributed by atoms with van der Waals surface area (Å²) in [5.41, 5.74) is 0.819. The van der Waals surface area contributed by atoms with E-state index < -0.39 is 0 Å². The van der Waals surface area contributed by atoms with Crippen LogP contribution in [0.4, 0.5) is 0 Å². The second-order valence-electron chi connectivity index (χ2n) is 3.24. The molecule has 0 aliphatic rings. The molecule has 3 nitrogen and oxygen atoms in total. The van der Waals surface area contributed by atoms with Gasteiger partial charge in [-0.25, -0.2) is 0 Å². The maximum Gasteiger partial charge on any atom is 0.120 e. The van der Waals surface area contributed by atoms with E-state index in [1.165, 1.54) is 0 Å². The number of halogens is 1. The van der Waals surface area contributed by atoms with E-state index in [0.29, 0.717) is 6.54 Å². The highest BCUT2D eigenvalue weighted by atomic mass is 79.9. The lowest BCUT2D eigenvalue weighted by Gasteiger charge is -2.11. The molecule has 78 valence electrons. The molecule has 0 fully saturated rings. The number of rotatable bonds is 4. The molecule has 0 amide bonds. The summed E-state index contributed by atoms with van der Waals surface area (Å²) in [6.07, 6.45) is 0. The highest BCUT2D eigenvalue weighted by Gasteiger charge is 2.03. The average molecular weight is 260 g/mol. The lowest BCUT2D eigenvalue weighted by Crippen LogP contribution is -2.28. The van der Waals surface area contributed by atoms with Crippen molar-refractivity contribution in [3.8, 4) is 5.75 Å². The van der Waals surface area contributed by atoms with E-state index in [1.807, 2.05) is 13.0 Å². The Labute approximate surface area is 91.9 Å². The standard InChI is InChI=1S/C10H14BrNO2/c1-7(6-13)12-5-8-4-9(11)2-3-10(8)14/h2-4,7,12-14H,5-6H2,1H3/t7-/m1/s1. The van der Waals surface area contributed by atoms with Crippen molar-refractivity contribution in [3.63, 3.8) is 0 Å². The summed E-state index contributed by atoms with van der Waals surface area (Å²) in [6, 6.07) is 5.32. The number of nitrogens with one attached hydrogen (secondary N) is 1. The van der Waals surface area contributed by atoms with Crippen molar-refractivity contribution in [2.24, 2.45) is 0 Å². The van der Waals surface area contributed by atoms with E-state index in [1.54, 1.807) is 12.1 Å². The van der Waals surface area contributed by atoms with E-state index in [-0.39, 0.29) is 18.4 Å². The number of hydrogen-bond donors (Lipinski definition) is 3. The number of benzene rings is 1. The minimum absolute atomic E-state index is 0.0355. The van der Waals surface area contributed by atoms with Gasteiger partial charge in [-0.3, -0.25) is 0 Å². The van der Waals surface area contributed by atoms with Gasteiger partial charge in [-0.1, -0.05) is 15.9 Å². The summed E-state index contributed by atoms with van der Waals surface area (Å²) in [6.45, 7) is 2.52. The normalized spacial score (nSPS) is 12.8. The van der Waals surface area contributed by atoms with Gasteiger partial charge >= 0.3 is 0 Å².